The lowest BCUT2D eigenvalue weighted by atomic mass is 10.2. The van der Waals surface area contributed by atoms with Crippen molar-refractivity contribution >= 4 is 9.04 Å². The first-order chi connectivity index (χ1) is 5.83. The molecule has 0 radical (unpaired) electrons. The summed E-state index contributed by atoms with van der Waals surface area (Å²) in [5.41, 5.74) is 1.28. The van der Waals surface area contributed by atoms with Gasteiger partial charge in [0.25, 0.3) is 0 Å². The van der Waals surface area contributed by atoms with Gasteiger partial charge >= 0.3 is 0 Å². The topological polar surface area (TPSA) is 9.23 Å². The normalized spacial score (nSPS) is 12.8. The zero-order valence-electron chi connectivity index (χ0n) is 7.79. The van der Waals surface area contributed by atoms with E-state index in [0.29, 0.717) is 0 Å². The molecule has 66 valence electrons. The van der Waals surface area contributed by atoms with Crippen molar-refractivity contribution in [2.75, 3.05) is 0 Å². The lowest BCUT2D eigenvalue weighted by molar-refractivity contribution is 0.311. The Kier molecular flexibility index (Phi) is 4.04. The highest BCUT2D eigenvalue weighted by atomic mass is 28.3. The summed E-state index contributed by atoms with van der Waals surface area (Å²) in [7, 11) is -0.851. The van der Waals surface area contributed by atoms with Crippen molar-refractivity contribution in [3.8, 4) is 0 Å². The third-order valence-corrected chi connectivity index (χ3v) is 3.84. The maximum atomic E-state index is 5.72. The SMILES string of the molecule is CC[SiH](C)OCc1ccccc1. The number of benzene rings is 1. The molecule has 0 spiro atoms. The molecule has 0 saturated heterocycles. The van der Waals surface area contributed by atoms with Crippen LogP contribution in [0.1, 0.15) is 12.5 Å². The lowest BCUT2D eigenvalue weighted by Gasteiger charge is -2.08. The molecule has 0 fully saturated rings. The standard InChI is InChI=1S/C10H16OSi/c1-3-12(2)11-9-10-7-5-4-6-8-10/h4-8,12H,3,9H2,1-2H3. The molecular weight excluding hydrogens is 164 g/mol. The molecule has 1 rings (SSSR count). The minimum Gasteiger partial charge on any atom is -0.416 e. The van der Waals surface area contributed by atoms with Crippen LogP contribution >= 0.6 is 0 Å². The molecule has 0 heterocycles. The van der Waals surface area contributed by atoms with Crippen LogP contribution in [0.4, 0.5) is 0 Å². The number of hydrogen-bond donors (Lipinski definition) is 0. The van der Waals surface area contributed by atoms with Gasteiger partial charge in [0.1, 0.15) is 0 Å². The predicted molar refractivity (Wildman–Crippen MR) is 54.7 cm³/mol. The molecule has 0 saturated carbocycles. The monoisotopic (exact) mass is 180 g/mol. The Morgan fingerprint density at radius 2 is 1.92 bits per heavy atom. The van der Waals surface area contributed by atoms with Gasteiger partial charge < -0.3 is 4.43 Å². The average Bonchev–Trinajstić information content (AvgIpc) is 2.16. The van der Waals surface area contributed by atoms with Crippen LogP contribution in [-0.2, 0) is 11.0 Å². The van der Waals surface area contributed by atoms with E-state index in [4.69, 9.17) is 4.43 Å². The zero-order valence-corrected chi connectivity index (χ0v) is 8.94. The van der Waals surface area contributed by atoms with E-state index in [2.05, 4.69) is 37.7 Å². The highest BCUT2D eigenvalue weighted by Gasteiger charge is 2.00. The molecule has 0 bridgehead atoms. The van der Waals surface area contributed by atoms with Crippen LogP contribution in [0.25, 0.3) is 0 Å². The van der Waals surface area contributed by atoms with Gasteiger partial charge in [-0.15, -0.1) is 0 Å². The molecule has 1 nitrogen and oxygen atoms in total. The first-order valence-electron chi connectivity index (χ1n) is 4.48. The largest absolute Gasteiger partial charge is 0.416 e. The summed E-state index contributed by atoms with van der Waals surface area (Å²) in [5.74, 6) is 0. The fraction of sp³-hybridized carbons (Fsp3) is 0.400. The highest BCUT2D eigenvalue weighted by Crippen LogP contribution is 2.03. The summed E-state index contributed by atoms with van der Waals surface area (Å²) in [5, 5.41) is 0. The molecule has 0 N–H and O–H groups in total. The van der Waals surface area contributed by atoms with Gasteiger partial charge in [-0.2, -0.15) is 0 Å². The van der Waals surface area contributed by atoms with Gasteiger partial charge in [-0.05, 0) is 18.2 Å². The van der Waals surface area contributed by atoms with Crippen molar-refractivity contribution in [2.45, 2.75) is 26.1 Å². The first-order valence-corrected chi connectivity index (χ1v) is 6.92. The van der Waals surface area contributed by atoms with E-state index in [1.54, 1.807) is 0 Å². The van der Waals surface area contributed by atoms with Crippen LogP contribution < -0.4 is 0 Å². The maximum absolute atomic E-state index is 5.72. The predicted octanol–water partition coefficient (Wildman–Crippen LogP) is 2.58. The molecule has 1 unspecified atom stereocenters. The van der Waals surface area contributed by atoms with Gasteiger partial charge in [0.15, 0.2) is 9.04 Å². The molecule has 1 aromatic carbocycles. The van der Waals surface area contributed by atoms with Gasteiger partial charge in [-0.3, -0.25) is 0 Å². The van der Waals surface area contributed by atoms with Crippen molar-refractivity contribution in [1.29, 1.82) is 0 Å². The Morgan fingerprint density at radius 3 is 2.50 bits per heavy atom. The van der Waals surface area contributed by atoms with E-state index < -0.39 is 9.04 Å². The minimum atomic E-state index is -0.851. The molecule has 1 atom stereocenters. The summed E-state index contributed by atoms with van der Waals surface area (Å²) in [6.45, 7) is 5.23. The molecule has 0 aliphatic carbocycles. The van der Waals surface area contributed by atoms with E-state index in [9.17, 15) is 0 Å². The van der Waals surface area contributed by atoms with E-state index in [1.165, 1.54) is 11.6 Å². The van der Waals surface area contributed by atoms with Gasteiger partial charge in [0.2, 0.25) is 0 Å². The molecule has 0 aromatic heterocycles. The molecule has 2 heteroatoms. The van der Waals surface area contributed by atoms with Gasteiger partial charge in [0, 0.05) is 0 Å². The molecular formula is C10H16OSi. The van der Waals surface area contributed by atoms with E-state index >= 15 is 0 Å². The Morgan fingerprint density at radius 1 is 1.25 bits per heavy atom. The molecule has 1 aromatic rings. The van der Waals surface area contributed by atoms with Crippen LogP contribution in [0.3, 0.4) is 0 Å². The minimum absolute atomic E-state index is 0.794. The lowest BCUT2D eigenvalue weighted by Crippen LogP contribution is -2.10. The van der Waals surface area contributed by atoms with Crippen LogP contribution in [0.2, 0.25) is 12.6 Å². The van der Waals surface area contributed by atoms with Crippen LogP contribution in [0.15, 0.2) is 30.3 Å². The second-order valence-corrected chi connectivity index (χ2v) is 5.79. The maximum Gasteiger partial charge on any atom is 0.174 e. The Bertz CT molecular complexity index is 210. The molecule has 12 heavy (non-hydrogen) atoms. The summed E-state index contributed by atoms with van der Waals surface area (Å²) >= 11 is 0. The van der Waals surface area contributed by atoms with E-state index in [1.807, 2.05) is 6.07 Å². The van der Waals surface area contributed by atoms with E-state index in [0.717, 1.165) is 6.61 Å². The fourth-order valence-electron chi connectivity index (χ4n) is 0.931. The second kappa shape index (κ2) is 5.12. The van der Waals surface area contributed by atoms with Gasteiger partial charge in [-0.25, -0.2) is 0 Å². The number of hydrogen-bond acceptors (Lipinski definition) is 1. The highest BCUT2D eigenvalue weighted by molar-refractivity contribution is 6.49. The zero-order chi connectivity index (χ0) is 8.81. The van der Waals surface area contributed by atoms with Crippen LogP contribution in [0, 0.1) is 0 Å². The summed E-state index contributed by atoms with van der Waals surface area (Å²) in [6, 6.07) is 11.6. The Labute approximate surface area is 76.1 Å². The number of rotatable bonds is 4. The van der Waals surface area contributed by atoms with Crippen molar-refractivity contribution in [3.63, 3.8) is 0 Å². The van der Waals surface area contributed by atoms with Gasteiger partial charge in [0.05, 0.1) is 6.61 Å². The third kappa shape index (κ3) is 3.20. The first kappa shape index (κ1) is 9.48. The van der Waals surface area contributed by atoms with Crippen LogP contribution in [0.5, 0.6) is 0 Å². The van der Waals surface area contributed by atoms with Crippen molar-refractivity contribution < 1.29 is 4.43 Å². The molecule has 0 aliphatic heterocycles. The van der Waals surface area contributed by atoms with Crippen molar-refractivity contribution in [2.24, 2.45) is 0 Å². The molecule has 0 amide bonds. The fourth-order valence-corrected chi connectivity index (χ4v) is 1.64. The average molecular weight is 180 g/mol. The quantitative estimate of drug-likeness (QED) is 0.647. The Hall–Kier alpha value is -0.603. The summed E-state index contributed by atoms with van der Waals surface area (Å²) in [6.07, 6.45) is 0. The second-order valence-electron chi connectivity index (χ2n) is 3.02. The summed E-state index contributed by atoms with van der Waals surface area (Å²) in [4.78, 5) is 0. The van der Waals surface area contributed by atoms with Crippen LogP contribution in [-0.4, -0.2) is 9.04 Å². The van der Waals surface area contributed by atoms with Crippen molar-refractivity contribution in [1.82, 2.24) is 0 Å². The molecule has 0 aliphatic rings. The summed E-state index contributed by atoms with van der Waals surface area (Å²) < 4.78 is 5.72. The van der Waals surface area contributed by atoms with Crippen molar-refractivity contribution in [3.05, 3.63) is 35.9 Å². The smallest absolute Gasteiger partial charge is 0.174 e. The Balaban J connectivity index is 2.33. The van der Waals surface area contributed by atoms with Gasteiger partial charge in [-0.1, -0.05) is 37.3 Å². The third-order valence-electron chi connectivity index (χ3n) is 1.95. The van der Waals surface area contributed by atoms with E-state index in [-0.39, 0.29) is 0 Å².